The minimum absolute atomic E-state index is 0.0522. The van der Waals surface area contributed by atoms with Crippen molar-refractivity contribution in [3.8, 4) is 0 Å². The lowest BCUT2D eigenvalue weighted by molar-refractivity contribution is -0.140. The molecule has 3 aliphatic rings. The average molecular weight is 444 g/mol. The van der Waals surface area contributed by atoms with Crippen LogP contribution >= 0.6 is 0 Å². The third-order valence-electron chi connectivity index (χ3n) is 6.01. The van der Waals surface area contributed by atoms with Gasteiger partial charge in [0.15, 0.2) is 0 Å². The molecule has 0 bridgehead atoms. The summed E-state index contributed by atoms with van der Waals surface area (Å²) in [5, 5.41) is 2.87. The van der Waals surface area contributed by atoms with Gasteiger partial charge in [0.1, 0.15) is 12.4 Å². The van der Waals surface area contributed by atoms with Gasteiger partial charge in [0.25, 0.3) is 0 Å². The number of nitrogens with zero attached hydrogens (tertiary/aromatic N) is 3. The molecule has 0 radical (unpaired) electrons. The van der Waals surface area contributed by atoms with Gasteiger partial charge >= 0.3 is 12.2 Å². The molecule has 0 spiro atoms. The molecule has 7 nitrogen and oxygen atoms in total. The number of nitrogens with one attached hydrogen (secondary N) is 1. The zero-order valence-electron chi connectivity index (χ0n) is 16.8. The molecule has 2 atom stereocenters. The van der Waals surface area contributed by atoms with Crippen molar-refractivity contribution in [2.75, 3.05) is 45.9 Å². The molecule has 1 aromatic rings. The number of benzene rings is 1. The number of fused-ring (bicyclic) bond motifs is 1. The van der Waals surface area contributed by atoms with Crippen LogP contribution in [0.25, 0.3) is 0 Å². The number of hydrogen-bond donors (Lipinski definition) is 1. The SMILES string of the molecule is O=C1CO[C@H]2CCN(C(=O)N3CCN(Cc4ccc(C(F)(F)F)cc4F)CC3)C[C@H]2N1. The summed E-state index contributed by atoms with van der Waals surface area (Å²) < 4.78 is 57.7. The van der Waals surface area contributed by atoms with Crippen LogP contribution in [0.3, 0.4) is 0 Å². The zero-order valence-corrected chi connectivity index (χ0v) is 16.8. The van der Waals surface area contributed by atoms with Crippen LogP contribution in [0, 0.1) is 5.82 Å². The number of urea groups is 1. The van der Waals surface area contributed by atoms with Gasteiger partial charge in [-0.2, -0.15) is 13.2 Å². The van der Waals surface area contributed by atoms with Crippen LogP contribution in [0.15, 0.2) is 18.2 Å². The largest absolute Gasteiger partial charge is 0.416 e. The van der Waals surface area contributed by atoms with E-state index in [2.05, 4.69) is 5.32 Å². The first-order chi connectivity index (χ1) is 14.7. The first-order valence-electron chi connectivity index (χ1n) is 10.2. The molecule has 3 amide bonds. The number of hydrogen-bond acceptors (Lipinski definition) is 4. The lowest BCUT2D eigenvalue weighted by Gasteiger charge is -2.43. The summed E-state index contributed by atoms with van der Waals surface area (Å²) in [7, 11) is 0. The number of piperidine rings is 1. The van der Waals surface area contributed by atoms with Crippen LogP contribution < -0.4 is 5.32 Å². The van der Waals surface area contributed by atoms with Gasteiger partial charge in [0.2, 0.25) is 5.91 Å². The maximum absolute atomic E-state index is 14.1. The summed E-state index contributed by atoms with van der Waals surface area (Å²) >= 11 is 0. The van der Waals surface area contributed by atoms with E-state index in [4.69, 9.17) is 4.74 Å². The van der Waals surface area contributed by atoms with E-state index >= 15 is 0 Å². The van der Waals surface area contributed by atoms with Crippen molar-refractivity contribution in [1.29, 1.82) is 0 Å². The number of carbonyl (C=O) groups is 2. The number of alkyl halides is 3. The van der Waals surface area contributed by atoms with E-state index in [1.807, 2.05) is 4.90 Å². The van der Waals surface area contributed by atoms with E-state index in [0.29, 0.717) is 51.8 Å². The van der Waals surface area contributed by atoms with Crippen LogP contribution in [0.4, 0.5) is 22.4 Å². The topological polar surface area (TPSA) is 65.1 Å². The second kappa shape index (κ2) is 8.62. The van der Waals surface area contributed by atoms with E-state index in [1.54, 1.807) is 9.80 Å². The summed E-state index contributed by atoms with van der Waals surface area (Å²) in [5.74, 6) is -1.06. The highest BCUT2D eigenvalue weighted by atomic mass is 19.4. The molecule has 0 aliphatic carbocycles. The molecule has 4 rings (SSSR count). The number of rotatable bonds is 2. The summed E-state index contributed by atoms with van der Waals surface area (Å²) in [4.78, 5) is 29.7. The molecule has 1 aromatic carbocycles. The molecule has 3 aliphatic heterocycles. The summed E-state index contributed by atoms with van der Waals surface area (Å²) in [5.41, 5.74) is -0.810. The van der Waals surface area contributed by atoms with Crippen molar-refractivity contribution < 1.29 is 31.9 Å². The molecular weight excluding hydrogens is 420 g/mol. The summed E-state index contributed by atoms with van der Waals surface area (Å²) in [6.45, 7) is 3.04. The first kappa shape index (κ1) is 21.8. The Morgan fingerprint density at radius 1 is 1.13 bits per heavy atom. The fourth-order valence-electron chi connectivity index (χ4n) is 4.26. The van der Waals surface area contributed by atoms with Crippen LogP contribution in [0.2, 0.25) is 0 Å². The number of morpholine rings is 1. The second-order valence-corrected chi connectivity index (χ2v) is 8.11. The van der Waals surface area contributed by atoms with Gasteiger partial charge in [0, 0.05) is 51.4 Å². The third kappa shape index (κ3) is 4.93. The highest BCUT2D eigenvalue weighted by Crippen LogP contribution is 2.30. The van der Waals surface area contributed by atoms with Crippen molar-refractivity contribution in [2.24, 2.45) is 0 Å². The predicted molar refractivity (Wildman–Crippen MR) is 102 cm³/mol. The minimum Gasteiger partial charge on any atom is -0.366 e. The van der Waals surface area contributed by atoms with Crippen LogP contribution in [-0.2, 0) is 22.3 Å². The highest BCUT2D eigenvalue weighted by Gasteiger charge is 2.38. The number of piperazine rings is 1. The van der Waals surface area contributed by atoms with Gasteiger partial charge in [-0.25, -0.2) is 9.18 Å². The Bertz CT molecular complexity index is 842. The second-order valence-electron chi connectivity index (χ2n) is 8.11. The lowest BCUT2D eigenvalue weighted by atomic mass is 10.0. The highest BCUT2D eigenvalue weighted by molar-refractivity contribution is 5.79. The molecule has 31 heavy (non-hydrogen) atoms. The molecule has 3 heterocycles. The Balaban J connectivity index is 1.29. The summed E-state index contributed by atoms with van der Waals surface area (Å²) in [6, 6.07) is 2.25. The van der Waals surface area contributed by atoms with Crippen molar-refractivity contribution in [1.82, 2.24) is 20.0 Å². The normalized spacial score (nSPS) is 25.2. The summed E-state index contributed by atoms with van der Waals surface area (Å²) in [6.07, 6.45) is -3.99. The standard InChI is InChI=1S/C20H24F4N4O3/c21-15-9-14(20(22,23)24)2-1-13(15)10-26-5-7-27(8-6-26)19(30)28-4-3-17-16(11-28)25-18(29)12-31-17/h1-2,9,16-17H,3-8,10-12H2,(H,25,29)/t16-,17+/m1/s1. The Morgan fingerprint density at radius 3 is 2.55 bits per heavy atom. The fraction of sp³-hybridized carbons (Fsp3) is 0.600. The third-order valence-corrected chi connectivity index (χ3v) is 6.01. The number of carbonyl (C=O) groups excluding carboxylic acids is 2. The van der Waals surface area contributed by atoms with Crippen molar-refractivity contribution >= 4 is 11.9 Å². The van der Waals surface area contributed by atoms with Crippen molar-refractivity contribution in [3.05, 3.63) is 35.1 Å². The quantitative estimate of drug-likeness (QED) is 0.705. The van der Waals surface area contributed by atoms with E-state index in [1.165, 1.54) is 6.07 Å². The molecule has 3 saturated heterocycles. The monoisotopic (exact) mass is 444 g/mol. The van der Waals surface area contributed by atoms with E-state index < -0.39 is 17.6 Å². The molecule has 0 unspecified atom stereocenters. The van der Waals surface area contributed by atoms with Gasteiger partial charge in [-0.15, -0.1) is 0 Å². The molecular formula is C20H24F4N4O3. The fourth-order valence-corrected chi connectivity index (χ4v) is 4.26. The van der Waals surface area contributed by atoms with Gasteiger partial charge in [-0.1, -0.05) is 6.07 Å². The molecule has 1 N–H and O–H groups in total. The van der Waals surface area contributed by atoms with Gasteiger partial charge in [-0.05, 0) is 18.6 Å². The average Bonchev–Trinajstić information content (AvgIpc) is 2.74. The Hall–Kier alpha value is -2.40. The minimum atomic E-state index is -4.58. The van der Waals surface area contributed by atoms with Crippen LogP contribution in [-0.4, -0.2) is 84.7 Å². The smallest absolute Gasteiger partial charge is 0.366 e. The zero-order chi connectivity index (χ0) is 22.2. The Kier molecular flexibility index (Phi) is 6.07. The van der Waals surface area contributed by atoms with E-state index in [0.717, 1.165) is 6.07 Å². The molecule has 0 aromatic heterocycles. The number of ether oxygens (including phenoxy) is 1. The van der Waals surface area contributed by atoms with Gasteiger partial charge in [-0.3, -0.25) is 9.69 Å². The van der Waals surface area contributed by atoms with Crippen LogP contribution in [0.1, 0.15) is 17.5 Å². The number of amides is 3. The molecule has 3 fully saturated rings. The Labute approximate surface area is 176 Å². The van der Waals surface area contributed by atoms with Gasteiger partial charge in [0.05, 0.1) is 17.7 Å². The first-order valence-corrected chi connectivity index (χ1v) is 10.2. The lowest BCUT2D eigenvalue weighted by Crippen LogP contribution is -2.63. The van der Waals surface area contributed by atoms with E-state index in [9.17, 15) is 27.2 Å². The van der Waals surface area contributed by atoms with Crippen molar-refractivity contribution in [2.45, 2.75) is 31.3 Å². The number of halogens is 4. The van der Waals surface area contributed by atoms with Gasteiger partial charge < -0.3 is 19.9 Å². The molecule has 170 valence electrons. The van der Waals surface area contributed by atoms with Crippen molar-refractivity contribution in [3.63, 3.8) is 0 Å². The van der Waals surface area contributed by atoms with E-state index in [-0.39, 0.29) is 42.8 Å². The maximum Gasteiger partial charge on any atom is 0.416 e. The maximum atomic E-state index is 14.1. The number of likely N-dealkylation sites (tertiary alicyclic amines) is 1. The predicted octanol–water partition coefficient (Wildman–Crippen LogP) is 1.67. The Morgan fingerprint density at radius 2 is 1.87 bits per heavy atom. The molecule has 0 saturated carbocycles. The molecule has 11 heteroatoms. The van der Waals surface area contributed by atoms with Crippen LogP contribution in [0.5, 0.6) is 0 Å².